The number of hydrogen-bond acceptors (Lipinski definition) is 5. The lowest BCUT2D eigenvalue weighted by molar-refractivity contribution is 0.324. The second-order valence-corrected chi connectivity index (χ2v) is 8.34. The highest BCUT2D eigenvalue weighted by atomic mass is 32.2. The summed E-state index contributed by atoms with van der Waals surface area (Å²) in [6, 6.07) is 5.67. The molecule has 3 aromatic rings. The van der Waals surface area contributed by atoms with E-state index in [1.807, 2.05) is 19.1 Å². The largest absolute Gasteiger partial charge is 0.396 e. The summed E-state index contributed by atoms with van der Waals surface area (Å²) in [5.41, 5.74) is 9.49. The average Bonchev–Trinajstić information content (AvgIpc) is 2.99. The molecule has 4 rings (SSSR count). The molecule has 1 atom stereocenters. The van der Waals surface area contributed by atoms with Crippen molar-refractivity contribution in [2.75, 3.05) is 12.4 Å². The van der Waals surface area contributed by atoms with E-state index in [2.05, 4.69) is 19.3 Å². The molecule has 1 fully saturated rings. The molecule has 8 heteroatoms. The van der Waals surface area contributed by atoms with Crippen molar-refractivity contribution in [3.05, 3.63) is 36.2 Å². The normalized spacial score (nSPS) is 15.6. The summed E-state index contributed by atoms with van der Waals surface area (Å²) in [6.45, 7) is 1.02. The summed E-state index contributed by atoms with van der Waals surface area (Å²) in [4.78, 5) is 9.89. The van der Waals surface area contributed by atoms with Gasteiger partial charge in [-0.15, -0.1) is 0 Å². The molecule has 3 N–H and O–H groups in total. The lowest BCUT2D eigenvalue weighted by Crippen LogP contribution is -2.24. The number of anilines is 1. The van der Waals surface area contributed by atoms with Gasteiger partial charge in [-0.25, -0.2) is 18.7 Å². The maximum atomic E-state index is 13.2. The molecule has 1 unspecified atom stereocenters. The van der Waals surface area contributed by atoms with Crippen molar-refractivity contribution in [1.29, 1.82) is 0 Å². The van der Waals surface area contributed by atoms with E-state index in [1.54, 1.807) is 18.5 Å². The van der Waals surface area contributed by atoms with Gasteiger partial charge in [0.2, 0.25) is 0 Å². The molecule has 0 saturated heterocycles. The predicted octanol–water partition coefficient (Wildman–Crippen LogP) is 5.22. The molecule has 0 amide bonds. The third-order valence-electron chi connectivity index (χ3n) is 5.56. The monoisotopic (exact) mass is 417 g/mol. The maximum Gasteiger partial charge on any atom is 0.178 e. The van der Waals surface area contributed by atoms with Gasteiger partial charge in [-0.05, 0) is 49.3 Å². The lowest BCUT2D eigenvalue weighted by atomic mass is 9.92. The second kappa shape index (κ2) is 8.67. The van der Waals surface area contributed by atoms with Gasteiger partial charge in [0.05, 0.1) is 16.1 Å². The molecular formula is C21H25F2N5S. The number of halogens is 2. The van der Waals surface area contributed by atoms with Crippen molar-refractivity contribution in [2.45, 2.75) is 56.3 Å². The standard InChI is InChI=1S/C21H25F2N5S/c1-2-14(10-23)27-29-16-11-25-21(26-12-16)20-19(24)17-7-6-13(9-22)8-18(17)28(20)15-4-3-5-15/h6-8,11-12,14-15,27H,2-5,9-10,24H2,1H3. The van der Waals surface area contributed by atoms with Crippen LogP contribution in [0.15, 0.2) is 35.5 Å². The number of rotatable bonds is 8. The van der Waals surface area contributed by atoms with Crippen molar-refractivity contribution < 1.29 is 8.78 Å². The van der Waals surface area contributed by atoms with Gasteiger partial charge in [-0.1, -0.05) is 19.1 Å². The van der Waals surface area contributed by atoms with Crippen molar-refractivity contribution in [3.63, 3.8) is 0 Å². The summed E-state index contributed by atoms with van der Waals surface area (Å²) < 4.78 is 31.4. The molecule has 0 aliphatic heterocycles. The topological polar surface area (TPSA) is 68.8 Å². The minimum Gasteiger partial charge on any atom is -0.396 e. The Morgan fingerprint density at radius 3 is 2.62 bits per heavy atom. The summed E-state index contributed by atoms with van der Waals surface area (Å²) in [7, 11) is 0. The predicted molar refractivity (Wildman–Crippen MR) is 114 cm³/mol. The molecule has 1 aliphatic carbocycles. The number of hydrogen-bond donors (Lipinski definition) is 2. The molecule has 0 spiro atoms. The van der Waals surface area contributed by atoms with E-state index < -0.39 is 13.3 Å². The summed E-state index contributed by atoms with van der Waals surface area (Å²) >= 11 is 1.33. The van der Waals surface area contributed by atoms with E-state index in [1.165, 1.54) is 18.4 Å². The van der Waals surface area contributed by atoms with Crippen molar-refractivity contribution in [1.82, 2.24) is 19.3 Å². The summed E-state index contributed by atoms with van der Waals surface area (Å²) in [5.74, 6) is 0.550. The fourth-order valence-electron chi connectivity index (χ4n) is 3.58. The van der Waals surface area contributed by atoms with Gasteiger partial charge in [-0.2, -0.15) is 0 Å². The first-order valence-corrected chi connectivity index (χ1v) is 10.8. The Balaban J connectivity index is 1.70. The first kappa shape index (κ1) is 20.1. The van der Waals surface area contributed by atoms with Crippen LogP contribution in [0.2, 0.25) is 0 Å². The zero-order valence-corrected chi connectivity index (χ0v) is 17.2. The number of benzene rings is 1. The fraction of sp³-hybridized carbons (Fsp3) is 0.429. The van der Waals surface area contributed by atoms with E-state index in [0.29, 0.717) is 29.5 Å². The number of fused-ring (bicyclic) bond motifs is 1. The highest BCUT2D eigenvalue weighted by Crippen LogP contribution is 2.43. The van der Waals surface area contributed by atoms with Gasteiger partial charge >= 0.3 is 0 Å². The number of nitrogens with one attached hydrogen (secondary N) is 1. The Kier molecular flexibility index (Phi) is 6.01. The molecule has 29 heavy (non-hydrogen) atoms. The Hall–Kier alpha value is -2.19. The van der Waals surface area contributed by atoms with E-state index in [-0.39, 0.29) is 6.04 Å². The number of aromatic nitrogens is 3. The zero-order chi connectivity index (χ0) is 20.4. The van der Waals surface area contributed by atoms with Crippen LogP contribution in [0.1, 0.15) is 44.2 Å². The van der Waals surface area contributed by atoms with Gasteiger partial charge in [0.1, 0.15) is 19.0 Å². The van der Waals surface area contributed by atoms with Crippen LogP contribution in [0.4, 0.5) is 14.5 Å². The van der Waals surface area contributed by atoms with Crippen LogP contribution in [0.5, 0.6) is 0 Å². The van der Waals surface area contributed by atoms with Crippen LogP contribution in [0.3, 0.4) is 0 Å². The van der Waals surface area contributed by atoms with Crippen LogP contribution >= 0.6 is 11.9 Å². The van der Waals surface area contributed by atoms with Gasteiger partial charge < -0.3 is 10.3 Å². The third kappa shape index (κ3) is 3.83. The van der Waals surface area contributed by atoms with Crippen molar-refractivity contribution >= 4 is 28.5 Å². The van der Waals surface area contributed by atoms with Crippen LogP contribution in [-0.2, 0) is 6.67 Å². The number of nitrogen functional groups attached to an aromatic ring is 1. The summed E-state index contributed by atoms with van der Waals surface area (Å²) in [6.07, 6.45) is 7.45. The Morgan fingerprint density at radius 1 is 1.28 bits per heavy atom. The Bertz CT molecular complexity index is 981. The quantitative estimate of drug-likeness (QED) is 0.492. The van der Waals surface area contributed by atoms with Gasteiger partial charge in [0.25, 0.3) is 0 Å². The highest BCUT2D eigenvalue weighted by Gasteiger charge is 2.28. The smallest absolute Gasteiger partial charge is 0.178 e. The zero-order valence-electron chi connectivity index (χ0n) is 16.4. The Morgan fingerprint density at radius 2 is 2.03 bits per heavy atom. The van der Waals surface area contributed by atoms with Crippen LogP contribution in [-0.4, -0.2) is 27.3 Å². The van der Waals surface area contributed by atoms with E-state index in [9.17, 15) is 8.78 Å². The lowest BCUT2D eigenvalue weighted by Gasteiger charge is -2.29. The molecule has 0 bridgehead atoms. The number of alkyl halides is 2. The molecule has 1 saturated carbocycles. The molecular weight excluding hydrogens is 392 g/mol. The SMILES string of the molecule is CCC(CF)NSc1cnc(-c2c(N)c3ccc(CF)cc3n2C2CCC2)nc1. The van der Waals surface area contributed by atoms with Gasteiger partial charge in [0.15, 0.2) is 5.82 Å². The Labute approximate surface area is 173 Å². The molecule has 1 aromatic carbocycles. The minimum absolute atomic E-state index is 0.193. The third-order valence-corrected chi connectivity index (χ3v) is 6.46. The summed E-state index contributed by atoms with van der Waals surface area (Å²) in [5, 5.41) is 0.904. The first-order valence-electron chi connectivity index (χ1n) is 9.95. The first-order chi connectivity index (χ1) is 14.2. The van der Waals surface area contributed by atoms with Crippen molar-refractivity contribution in [3.8, 4) is 11.5 Å². The maximum absolute atomic E-state index is 13.2. The number of nitrogens with two attached hydrogens (primary N) is 1. The molecule has 2 heterocycles. The number of nitrogens with zero attached hydrogens (tertiary/aromatic N) is 3. The van der Waals surface area contributed by atoms with Crippen LogP contribution < -0.4 is 10.5 Å². The van der Waals surface area contributed by atoms with Crippen molar-refractivity contribution in [2.24, 2.45) is 0 Å². The highest BCUT2D eigenvalue weighted by molar-refractivity contribution is 7.97. The molecule has 5 nitrogen and oxygen atoms in total. The van der Waals surface area contributed by atoms with Crippen LogP contribution in [0, 0.1) is 0 Å². The average molecular weight is 418 g/mol. The second-order valence-electron chi connectivity index (χ2n) is 7.42. The molecule has 154 valence electrons. The molecule has 1 aliphatic rings. The van der Waals surface area contributed by atoms with Gasteiger partial charge in [0, 0.05) is 29.9 Å². The van der Waals surface area contributed by atoms with E-state index >= 15 is 0 Å². The van der Waals surface area contributed by atoms with Crippen LogP contribution in [0.25, 0.3) is 22.4 Å². The van der Waals surface area contributed by atoms with Gasteiger partial charge in [-0.3, -0.25) is 4.72 Å². The minimum atomic E-state index is -0.506. The molecule has 2 aromatic heterocycles. The molecule has 0 radical (unpaired) electrons. The fourth-order valence-corrected chi connectivity index (χ4v) is 4.33. The van der Waals surface area contributed by atoms with E-state index in [4.69, 9.17) is 5.73 Å². The van der Waals surface area contributed by atoms with E-state index in [0.717, 1.165) is 34.3 Å².